The normalized spacial score (nSPS) is 14.5. The maximum Gasteiger partial charge on any atom is 0.241 e. The first kappa shape index (κ1) is 18.7. The van der Waals surface area contributed by atoms with Crippen molar-refractivity contribution in [2.24, 2.45) is 0 Å². The summed E-state index contributed by atoms with van der Waals surface area (Å²) >= 11 is 0. The van der Waals surface area contributed by atoms with Crippen LogP contribution in [-0.2, 0) is 10.0 Å². The van der Waals surface area contributed by atoms with Crippen LogP contribution in [0.25, 0.3) is 0 Å². The lowest BCUT2D eigenvalue weighted by molar-refractivity contribution is 0.174. The third-order valence-corrected chi connectivity index (χ3v) is 7.24. The Hall–Kier alpha value is -2.05. The highest BCUT2D eigenvalue weighted by atomic mass is 32.2. The Labute approximate surface area is 155 Å². The van der Waals surface area contributed by atoms with Crippen LogP contribution in [0.2, 0.25) is 0 Å². The molecule has 3 rings (SSSR count). The van der Waals surface area contributed by atoms with E-state index < -0.39 is 16.1 Å². The number of nitrogens with one attached hydrogen (secondary N) is 1. The second-order valence-electron chi connectivity index (χ2n) is 6.91. The van der Waals surface area contributed by atoms with Gasteiger partial charge in [0.2, 0.25) is 16.8 Å². The molecule has 2 aromatic carbocycles. The molecular formula is C20H25NO4S. The van der Waals surface area contributed by atoms with E-state index in [1.807, 2.05) is 53.7 Å². The Bertz CT molecular complexity index is 951. The summed E-state index contributed by atoms with van der Waals surface area (Å²) in [5.74, 6) is 1.32. The van der Waals surface area contributed by atoms with Crippen molar-refractivity contribution in [1.82, 2.24) is 4.72 Å². The van der Waals surface area contributed by atoms with Crippen molar-refractivity contribution < 1.29 is 17.9 Å². The van der Waals surface area contributed by atoms with Gasteiger partial charge in [-0.05, 0) is 87.1 Å². The predicted molar refractivity (Wildman–Crippen MR) is 101 cm³/mol. The fourth-order valence-corrected chi connectivity index (χ4v) is 5.24. The summed E-state index contributed by atoms with van der Waals surface area (Å²) < 4.78 is 39.8. The molecule has 1 aliphatic rings. The number of hydrogen-bond acceptors (Lipinski definition) is 4. The fourth-order valence-electron chi connectivity index (χ4n) is 3.41. The molecule has 0 aromatic heterocycles. The van der Waals surface area contributed by atoms with Gasteiger partial charge in [-0.15, -0.1) is 0 Å². The highest BCUT2D eigenvalue weighted by Crippen LogP contribution is 2.35. The minimum absolute atomic E-state index is 0.194. The highest BCUT2D eigenvalue weighted by molar-refractivity contribution is 7.89. The summed E-state index contributed by atoms with van der Waals surface area (Å²) in [6.07, 6.45) is 0. The van der Waals surface area contributed by atoms with E-state index in [4.69, 9.17) is 9.47 Å². The molecule has 0 radical (unpaired) electrons. The number of benzene rings is 2. The van der Waals surface area contributed by atoms with Crippen LogP contribution in [0, 0.1) is 34.6 Å². The number of fused-ring (bicyclic) bond motifs is 1. The molecule has 2 aromatic rings. The number of sulfonamides is 1. The lowest BCUT2D eigenvalue weighted by Crippen LogP contribution is -2.28. The van der Waals surface area contributed by atoms with Crippen molar-refractivity contribution in [3.8, 4) is 11.5 Å². The van der Waals surface area contributed by atoms with Crippen LogP contribution in [0.5, 0.6) is 11.5 Å². The van der Waals surface area contributed by atoms with Crippen LogP contribution < -0.4 is 14.2 Å². The van der Waals surface area contributed by atoms with Crippen molar-refractivity contribution in [2.75, 3.05) is 6.79 Å². The van der Waals surface area contributed by atoms with Crippen molar-refractivity contribution >= 4 is 10.0 Å². The first-order valence-corrected chi connectivity index (χ1v) is 10.1. The molecule has 1 atom stereocenters. The van der Waals surface area contributed by atoms with Crippen molar-refractivity contribution in [3.05, 3.63) is 51.6 Å². The van der Waals surface area contributed by atoms with Crippen LogP contribution in [0.1, 0.15) is 46.3 Å². The smallest absolute Gasteiger partial charge is 0.241 e. The predicted octanol–water partition coefficient (Wildman–Crippen LogP) is 4.00. The van der Waals surface area contributed by atoms with E-state index in [0.717, 1.165) is 33.4 Å². The van der Waals surface area contributed by atoms with E-state index in [-0.39, 0.29) is 6.79 Å². The van der Waals surface area contributed by atoms with Gasteiger partial charge in [-0.3, -0.25) is 0 Å². The molecule has 0 bridgehead atoms. The van der Waals surface area contributed by atoms with Gasteiger partial charge < -0.3 is 9.47 Å². The van der Waals surface area contributed by atoms with E-state index in [9.17, 15) is 8.42 Å². The van der Waals surface area contributed by atoms with E-state index in [2.05, 4.69) is 4.72 Å². The Morgan fingerprint density at radius 1 is 0.885 bits per heavy atom. The van der Waals surface area contributed by atoms with Crippen molar-refractivity contribution in [3.63, 3.8) is 0 Å². The summed E-state index contributed by atoms with van der Waals surface area (Å²) in [5, 5.41) is 0. The molecule has 0 fully saturated rings. The zero-order valence-electron chi connectivity index (χ0n) is 16.1. The van der Waals surface area contributed by atoms with Crippen LogP contribution in [0.15, 0.2) is 23.1 Å². The molecule has 0 amide bonds. The molecule has 0 spiro atoms. The van der Waals surface area contributed by atoms with Gasteiger partial charge in [-0.25, -0.2) is 13.1 Å². The zero-order chi connectivity index (χ0) is 19.2. The van der Waals surface area contributed by atoms with Gasteiger partial charge in [0.05, 0.1) is 4.90 Å². The first-order valence-electron chi connectivity index (χ1n) is 8.62. The quantitative estimate of drug-likeness (QED) is 0.877. The molecule has 140 valence electrons. The Kier molecular flexibility index (Phi) is 4.75. The third-order valence-electron chi connectivity index (χ3n) is 5.43. The van der Waals surface area contributed by atoms with Crippen molar-refractivity contribution in [2.45, 2.75) is 52.5 Å². The summed E-state index contributed by atoms with van der Waals surface area (Å²) in [6, 6.07) is 5.08. The van der Waals surface area contributed by atoms with Crippen LogP contribution >= 0.6 is 0 Å². The summed E-state index contributed by atoms with van der Waals surface area (Å²) in [4.78, 5) is 0.380. The monoisotopic (exact) mass is 375 g/mol. The first-order chi connectivity index (χ1) is 12.1. The number of hydrogen-bond donors (Lipinski definition) is 1. The fraction of sp³-hybridized carbons (Fsp3) is 0.400. The topological polar surface area (TPSA) is 64.6 Å². The molecule has 0 saturated heterocycles. The second-order valence-corrected chi connectivity index (χ2v) is 8.56. The second kappa shape index (κ2) is 6.59. The molecule has 0 unspecified atom stereocenters. The maximum atomic E-state index is 13.1. The molecule has 0 saturated carbocycles. The molecular weight excluding hydrogens is 350 g/mol. The molecule has 6 heteroatoms. The molecule has 1 heterocycles. The van der Waals surface area contributed by atoms with Gasteiger partial charge >= 0.3 is 0 Å². The van der Waals surface area contributed by atoms with E-state index in [0.29, 0.717) is 16.4 Å². The van der Waals surface area contributed by atoms with Crippen molar-refractivity contribution in [1.29, 1.82) is 0 Å². The Morgan fingerprint density at radius 2 is 1.42 bits per heavy atom. The molecule has 26 heavy (non-hydrogen) atoms. The summed E-state index contributed by atoms with van der Waals surface area (Å²) in [7, 11) is -3.67. The Morgan fingerprint density at radius 3 is 2.04 bits per heavy atom. The van der Waals surface area contributed by atoms with Crippen LogP contribution in [0.3, 0.4) is 0 Å². The van der Waals surface area contributed by atoms with E-state index in [1.165, 1.54) is 0 Å². The van der Waals surface area contributed by atoms with Crippen LogP contribution in [-0.4, -0.2) is 15.2 Å². The van der Waals surface area contributed by atoms with Gasteiger partial charge in [0.25, 0.3) is 0 Å². The van der Waals surface area contributed by atoms with Gasteiger partial charge in [0.1, 0.15) is 0 Å². The standard InChI is InChI=1S/C20H25NO4S/c1-11-12(2)14(4)20(15(5)13(11)3)26(22,23)21-16(6)17-7-8-18-19(9-17)25-10-24-18/h7-9,16,21H,10H2,1-6H3/t16-/m1/s1. The Balaban J connectivity index is 1.97. The van der Waals surface area contributed by atoms with Gasteiger partial charge in [0.15, 0.2) is 11.5 Å². The third kappa shape index (κ3) is 3.08. The highest BCUT2D eigenvalue weighted by Gasteiger charge is 2.26. The van der Waals surface area contributed by atoms with E-state index >= 15 is 0 Å². The lowest BCUT2D eigenvalue weighted by Gasteiger charge is -2.21. The van der Waals surface area contributed by atoms with Gasteiger partial charge in [0, 0.05) is 6.04 Å². The summed E-state index contributed by atoms with van der Waals surface area (Å²) in [5.41, 5.74) is 5.61. The molecule has 1 aliphatic heterocycles. The maximum absolute atomic E-state index is 13.1. The van der Waals surface area contributed by atoms with Gasteiger partial charge in [-0.2, -0.15) is 0 Å². The molecule has 5 nitrogen and oxygen atoms in total. The van der Waals surface area contributed by atoms with E-state index in [1.54, 1.807) is 6.07 Å². The van der Waals surface area contributed by atoms with Gasteiger partial charge in [-0.1, -0.05) is 6.07 Å². The average molecular weight is 375 g/mol. The van der Waals surface area contributed by atoms with Crippen LogP contribution in [0.4, 0.5) is 0 Å². The SMILES string of the molecule is Cc1c(C)c(C)c(S(=O)(=O)N[C@H](C)c2ccc3c(c2)OCO3)c(C)c1C. The number of rotatable bonds is 4. The zero-order valence-corrected chi connectivity index (χ0v) is 16.9. The average Bonchev–Trinajstić information content (AvgIpc) is 3.05. The lowest BCUT2D eigenvalue weighted by atomic mass is 9.95. The molecule has 1 N–H and O–H groups in total. The largest absolute Gasteiger partial charge is 0.454 e. The number of ether oxygens (including phenoxy) is 2. The molecule has 0 aliphatic carbocycles. The summed E-state index contributed by atoms with van der Waals surface area (Å²) in [6.45, 7) is 11.7. The minimum Gasteiger partial charge on any atom is -0.454 e. The minimum atomic E-state index is -3.67.